The van der Waals surface area contributed by atoms with Gasteiger partial charge in [0.05, 0.1) is 23.1 Å². The number of rotatable bonds is 6. The van der Waals surface area contributed by atoms with Crippen LogP contribution in [0.1, 0.15) is 35.7 Å². The Hall–Kier alpha value is -4.19. The van der Waals surface area contributed by atoms with Crippen LogP contribution in [-0.2, 0) is 16.2 Å². The maximum atomic E-state index is 13.2. The highest BCUT2D eigenvalue weighted by atomic mass is 16.5. The van der Waals surface area contributed by atoms with Crippen molar-refractivity contribution in [3.05, 3.63) is 102 Å². The van der Waals surface area contributed by atoms with Crippen LogP contribution in [0.5, 0.6) is 5.75 Å². The van der Waals surface area contributed by atoms with Crippen LogP contribution in [0.4, 0.5) is 11.4 Å². The topological polar surface area (TPSA) is 75.7 Å². The minimum absolute atomic E-state index is 0.229. The van der Waals surface area contributed by atoms with Gasteiger partial charge >= 0.3 is 0 Å². The molecule has 1 aliphatic heterocycles. The molecule has 2 atom stereocenters. The van der Waals surface area contributed by atoms with Crippen LogP contribution in [0, 0.1) is 11.8 Å². The maximum Gasteiger partial charge on any atom is 0.257 e. The molecule has 0 aromatic heterocycles. The molecule has 0 radical (unpaired) electrons. The van der Waals surface area contributed by atoms with Crippen molar-refractivity contribution in [3.8, 4) is 5.75 Å². The fraction of sp³-hybridized carbons (Fsp3) is 0.207. The molecule has 0 saturated carbocycles. The van der Waals surface area contributed by atoms with Crippen molar-refractivity contribution in [1.29, 1.82) is 0 Å². The number of fused-ring (bicyclic) bond motifs is 1. The number of carbonyl (C=O) groups excluding carboxylic acids is 3. The van der Waals surface area contributed by atoms with Crippen LogP contribution in [0.25, 0.3) is 0 Å². The van der Waals surface area contributed by atoms with E-state index in [1.165, 1.54) is 4.90 Å². The van der Waals surface area contributed by atoms with E-state index < -0.39 is 0 Å². The summed E-state index contributed by atoms with van der Waals surface area (Å²) in [6, 6.07) is 23.7. The number of para-hydroxylation sites is 1. The van der Waals surface area contributed by atoms with Crippen molar-refractivity contribution in [2.45, 2.75) is 26.4 Å². The highest BCUT2D eigenvalue weighted by molar-refractivity contribution is 6.25. The van der Waals surface area contributed by atoms with Gasteiger partial charge in [-0.3, -0.25) is 14.4 Å². The van der Waals surface area contributed by atoms with E-state index >= 15 is 0 Å². The number of carbonyl (C=O) groups is 3. The van der Waals surface area contributed by atoms with Crippen LogP contribution < -0.4 is 15.0 Å². The molecule has 3 aromatic rings. The molecule has 5 rings (SSSR count). The molecule has 176 valence electrons. The molecule has 6 heteroatoms. The number of benzene rings is 3. The van der Waals surface area contributed by atoms with Gasteiger partial charge in [0.15, 0.2) is 0 Å². The molecule has 2 aliphatic rings. The quantitative estimate of drug-likeness (QED) is 0.392. The van der Waals surface area contributed by atoms with E-state index in [-0.39, 0.29) is 35.1 Å². The normalized spacial score (nSPS) is 19.2. The zero-order valence-electron chi connectivity index (χ0n) is 19.4. The van der Waals surface area contributed by atoms with Gasteiger partial charge in [-0.15, -0.1) is 0 Å². The average molecular weight is 467 g/mol. The fourth-order valence-electron chi connectivity index (χ4n) is 4.71. The molecule has 3 aromatic carbocycles. The Kier molecular flexibility index (Phi) is 6.19. The zero-order chi connectivity index (χ0) is 24.4. The molecule has 6 nitrogen and oxygen atoms in total. The number of anilines is 2. The van der Waals surface area contributed by atoms with Crippen molar-refractivity contribution in [2.24, 2.45) is 11.8 Å². The van der Waals surface area contributed by atoms with E-state index in [0.29, 0.717) is 36.6 Å². The molecule has 1 heterocycles. The molecule has 1 fully saturated rings. The average Bonchev–Trinajstić information content (AvgIpc) is 3.13. The van der Waals surface area contributed by atoms with Gasteiger partial charge in [0.1, 0.15) is 12.4 Å². The van der Waals surface area contributed by atoms with E-state index in [4.69, 9.17) is 4.74 Å². The standard InChI is InChI=1S/C29H26N2O4/c1-19-11-16-23-25(17-19)29(34)31(28(23)33)26-10-6-5-9-24(26)27(32)30-21-12-14-22(15-13-21)35-18-20-7-3-2-4-8-20/h2-15,23,25H,16-18H2,1H3,(H,30,32)/t23-,25+/m1/s1. The van der Waals surface area contributed by atoms with E-state index in [1.54, 1.807) is 48.5 Å². The molecule has 1 N–H and O–H groups in total. The van der Waals surface area contributed by atoms with Gasteiger partial charge in [0.25, 0.3) is 5.91 Å². The number of amides is 3. The molecular weight excluding hydrogens is 440 g/mol. The summed E-state index contributed by atoms with van der Waals surface area (Å²) in [6.07, 6.45) is 3.17. The first-order valence-corrected chi connectivity index (χ1v) is 11.7. The second kappa shape index (κ2) is 9.58. The smallest absolute Gasteiger partial charge is 0.257 e. The highest BCUT2D eigenvalue weighted by Gasteiger charge is 2.49. The van der Waals surface area contributed by atoms with Gasteiger partial charge < -0.3 is 10.1 Å². The summed E-state index contributed by atoms with van der Waals surface area (Å²) in [5, 5.41) is 2.87. The lowest BCUT2D eigenvalue weighted by Gasteiger charge is -2.19. The van der Waals surface area contributed by atoms with E-state index in [2.05, 4.69) is 5.32 Å². The summed E-state index contributed by atoms with van der Waals surface area (Å²) in [7, 11) is 0. The molecule has 0 spiro atoms. The summed E-state index contributed by atoms with van der Waals surface area (Å²) in [5.41, 5.74) is 3.39. The second-order valence-corrected chi connectivity index (χ2v) is 8.99. The molecule has 0 bridgehead atoms. The van der Waals surface area contributed by atoms with Gasteiger partial charge in [-0.2, -0.15) is 0 Å². The summed E-state index contributed by atoms with van der Waals surface area (Å²) in [4.78, 5) is 40.7. The SMILES string of the molecule is CC1=CC[C@H]2C(=O)N(c3ccccc3C(=O)Nc3ccc(OCc4ccccc4)cc3)C(=O)[C@H]2C1. The van der Waals surface area contributed by atoms with E-state index in [1.807, 2.05) is 43.3 Å². The van der Waals surface area contributed by atoms with E-state index in [9.17, 15) is 14.4 Å². The van der Waals surface area contributed by atoms with Crippen LogP contribution in [0.15, 0.2) is 90.5 Å². The molecule has 1 aliphatic carbocycles. The number of allylic oxidation sites excluding steroid dienone is 2. The largest absolute Gasteiger partial charge is 0.489 e. The molecule has 0 unspecified atom stereocenters. The van der Waals surface area contributed by atoms with Gasteiger partial charge in [-0.05, 0) is 61.7 Å². The Bertz CT molecular complexity index is 1300. The molecule has 35 heavy (non-hydrogen) atoms. The van der Waals surface area contributed by atoms with Crippen LogP contribution in [-0.4, -0.2) is 17.7 Å². The molecule has 1 saturated heterocycles. The third kappa shape index (κ3) is 4.60. The Morgan fingerprint density at radius 3 is 2.37 bits per heavy atom. The second-order valence-electron chi connectivity index (χ2n) is 8.99. The number of hydrogen-bond acceptors (Lipinski definition) is 4. The first kappa shape index (κ1) is 22.6. The number of nitrogens with one attached hydrogen (secondary N) is 1. The lowest BCUT2D eigenvalue weighted by molar-refractivity contribution is -0.122. The number of nitrogens with zero attached hydrogens (tertiary/aromatic N) is 1. The third-order valence-electron chi connectivity index (χ3n) is 6.57. The fourth-order valence-corrected chi connectivity index (χ4v) is 4.71. The lowest BCUT2D eigenvalue weighted by atomic mass is 9.82. The van der Waals surface area contributed by atoms with Crippen LogP contribution >= 0.6 is 0 Å². The highest BCUT2D eigenvalue weighted by Crippen LogP contribution is 2.40. The van der Waals surface area contributed by atoms with Crippen molar-refractivity contribution < 1.29 is 19.1 Å². The Morgan fingerprint density at radius 2 is 1.60 bits per heavy atom. The predicted molar refractivity (Wildman–Crippen MR) is 134 cm³/mol. The minimum atomic E-state index is -0.386. The molecular formula is C29H26N2O4. The van der Waals surface area contributed by atoms with Gasteiger partial charge in [-0.1, -0.05) is 54.1 Å². The maximum absolute atomic E-state index is 13.2. The minimum Gasteiger partial charge on any atom is -0.489 e. The molecule has 3 amide bonds. The summed E-state index contributed by atoms with van der Waals surface area (Å²) in [6.45, 7) is 2.44. The number of ether oxygens (including phenoxy) is 1. The van der Waals surface area contributed by atoms with Gasteiger partial charge in [0, 0.05) is 5.69 Å². The van der Waals surface area contributed by atoms with Crippen molar-refractivity contribution >= 4 is 29.1 Å². The van der Waals surface area contributed by atoms with Gasteiger partial charge in [-0.25, -0.2) is 4.90 Å². The van der Waals surface area contributed by atoms with Gasteiger partial charge in [0.2, 0.25) is 11.8 Å². The Balaban J connectivity index is 1.30. The third-order valence-corrected chi connectivity index (χ3v) is 6.57. The zero-order valence-corrected chi connectivity index (χ0v) is 19.4. The summed E-state index contributed by atoms with van der Waals surface area (Å²) < 4.78 is 5.80. The van der Waals surface area contributed by atoms with Crippen LogP contribution in [0.2, 0.25) is 0 Å². The number of imide groups is 1. The van der Waals surface area contributed by atoms with Crippen molar-refractivity contribution in [1.82, 2.24) is 0 Å². The summed E-state index contributed by atoms with van der Waals surface area (Å²) >= 11 is 0. The Morgan fingerprint density at radius 1 is 0.914 bits per heavy atom. The lowest BCUT2D eigenvalue weighted by Crippen LogP contribution is -2.33. The monoisotopic (exact) mass is 466 g/mol. The number of hydrogen-bond donors (Lipinski definition) is 1. The first-order valence-electron chi connectivity index (χ1n) is 11.7. The Labute approximate surface area is 204 Å². The van der Waals surface area contributed by atoms with E-state index in [0.717, 1.165) is 11.1 Å². The predicted octanol–water partition coefficient (Wildman–Crippen LogP) is 5.36. The van der Waals surface area contributed by atoms with Crippen molar-refractivity contribution in [2.75, 3.05) is 10.2 Å². The van der Waals surface area contributed by atoms with Crippen molar-refractivity contribution in [3.63, 3.8) is 0 Å². The van der Waals surface area contributed by atoms with Crippen LogP contribution in [0.3, 0.4) is 0 Å². The first-order chi connectivity index (χ1) is 17.0. The summed E-state index contributed by atoms with van der Waals surface area (Å²) in [5.74, 6) is -0.871.